The molecule has 0 aromatic heterocycles. The molecule has 0 fully saturated rings. The van der Waals surface area contributed by atoms with Crippen LogP contribution in [0.4, 0.5) is 8.78 Å². The molecular formula is C23H19F2NO7S. The van der Waals surface area contributed by atoms with Gasteiger partial charge in [-0.2, -0.15) is 0 Å². The van der Waals surface area contributed by atoms with Gasteiger partial charge in [-0.25, -0.2) is 17.2 Å². The molecule has 1 heterocycles. The highest BCUT2D eigenvalue weighted by molar-refractivity contribution is 7.90. The molecule has 1 unspecified atom stereocenters. The van der Waals surface area contributed by atoms with Crippen molar-refractivity contribution in [2.45, 2.75) is 17.4 Å². The van der Waals surface area contributed by atoms with Crippen LogP contribution in [0.2, 0.25) is 0 Å². The first-order valence-corrected chi connectivity index (χ1v) is 12.0. The van der Waals surface area contributed by atoms with E-state index in [0.717, 1.165) is 12.3 Å². The van der Waals surface area contributed by atoms with Crippen LogP contribution in [0.15, 0.2) is 59.5 Å². The Labute approximate surface area is 193 Å². The molecule has 0 spiro atoms. The SMILES string of the molecule is CS(=O)(=O)c1ccccc1-c1cc2c(cc1Cc1cc(F)cc(F)c1)OCC(CO[N+](=O)[O-])O2. The highest BCUT2D eigenvalue weighted by atomic mass is 32.2. The van der Waals surface area contributed by atoms with Gasteiger partial charge in [0, 0.05) is 17.9 Å². The number of hydrogen-bond donors (Lipinski definition) is 0. The summed E-state index contributed by atoms with van der Waals surface area (Å²) in [6, 6.07) is 12.6. The zero-order valence-electron chi connectivity index (χ0n) is 17.9. The molecule has 1 atom stereocenters. The third-order valence-electron chi connectivity index (χ3n) is 5.15. The van der Waals surface area contributed by atoms with Crippen molar-refractivity contribution in [2.24, 2.45) is 0 Å². The van der Waals surface area contributed by atoms with Crippen LogP contribution < -0.4 is 9.47 Å². The van der Waals surface area contributed by atoms with Crippen molar-refractivity contribution in [1.29, 1.82) is 0 Å². The third-order valence-corrected chi connectivity index (χ3v) is 6.30. The number of benzene rings is 3. The molecule has 8 nitrogen and oxygen atoms in total. The highest BCUT2D eigenvalue weighted by Crippen LogP contribution is 2.41. The predicted molar refractivity (Wildman–Crippen MR) is 117 cm³/mol. The molecule has 178 valence electrons. The molecule has 11 heteroatoms. The van der Waals surface area contributed by atoms with Crippen molar-refractivity contribution in [2.75, 3.05) is 19.5 Å². The minimum atomic E-state index is -3.62. The van der Waals surface area contributed by atoms with E-state index in [2.05, 4.69) is 4.84 Å². The number of fused-ring (bicyclic) bond motifs is 1. The quantitative estimate of drug-likeness (QED) is 0.364. The van der Waals surface area contributed by atoms with E-state index in [1.165, 1.54) is 18.2 Å². The Hall–Kier alpha value is -3.73. The smallest absolute Gasteiger partial charge is 0.294 e. The zero-order chi connectivity index (χ0) is 24.5. The lowest BCUT2D eigenvalue weighted by atomic mass is 9.94. The first kappa shape index (κ1) is 23.4. The highest BCUT2D eigenvalue weighted by Gasteiger charge is 2.26. The molecule has 1 aliphatic rings. The summed E-state index contributed by atoms with van der Waals surface area (Å²) in [5, 5.41) is 9.56. The Balaban J connectivity index is 1.82. The van der Waals surface area contributed by atoms with Gasteiger partial charge in [-0.15, -0.1) is 10.1 Å². The predicted octanol–water partition coefficient (Wildman–Crippen LogP) is 3.97. The summed E-state index contributed by atoms with van der Waals surface area (Å²) in [6.45, 7) is -0.375. The summed E-state index contributed by atoms with van der Waals surface area (Å²) >= 11 is 0. The van der Waals surface area contributed by atoms with Gasteiger partial charge in [0.15, 0.2) is 27.4 Å². The maximum atomic E-state index is 13.8. The summed E-state index contributed by atoms with van der Waals surface area (Å²) < 4.78 is 64.0. The van der Waals surface area contributed by atoms with Gasteiger partial charge >= 0.3 is 0 Å². The van der Waals surface area contributed by atoms with Crippen molar-refractivity contribution >= 4 is 9.84 Å². The van der Waals surface area contributed by atoms with Gasteiger partial charge in [-0.3, -0.25) is 0 Å². The topological polar surface area (TPSA) is 105 Å². The molecule has 4 rings (SSSR count). The Kier molecular flexibility index (Phi) is 6.38. The molecule has 0 bridgehead atoms. The largest absolute Gasteiger partial charge is 0.486 e. The average molecular weight is 491 g/mol. The first-order chi connectivity index (χ1) is 16.1. The van der Waals surface area contributed by atoms with Gasteiger partial charge in [-0.05, 0) is 53.4 Å². The molecule has 0 saturated carbocycles. The van der Waals surface area contributed by atoms with Crippen LogP contribution in [0.25, 0.3) is 11.1 Å². The normalized spacial score (nSPS) is 15.1. The second-order valence-electron chi connectivity index (χ2n) is 7.75. The van der Waals surface area contributed by atoms with Crippen LogP contribution in [0.3, 0.4) is 0 Å². The molecule has 1 aliphatic heterocycles. The lowest BCUT2D eigenvalue weighted by molar-refractivity contribution is -0.759. The monoisotopic (exact) mass is 491 g/mol. The van der Waals surface area contributed by atoms with Crippen LogP contribution in [0.5, 0.6) is 11.5 Å². The number of ether oxygens (including phenoxy) is 2. The molecular weight excluding hydrogens is 472 g/mol. The van der Waals surface area contributed by atoms with E-state index in [1.807, 2.05) is 0 Å². The summed E-state index contributed by atoms with van der Waals surface area (Å²) in [5.74, 6) is -0.931. The maximum Gasteiger partial charge on any atom is 0.294 e. The fourth-order valence-electron chi connectivity index (χ4n) is 3.77. The van der Waals surface area contributed by atoms with Crippen molar-refractivity contribution < 1.29 is 36.6 Å². The standard InChI is InChI=1S/C23H19F2NO7S/c1-34(29,30)23-5-3-2-4-19(23)20-11-22-21(31-12-18(33-22)13-32-26(27)28)9-15(20)6-14-7-16(24)10-17(25)8-14/h2-5,7-11,18H,6,12-13H2,1H3. The van der Waals surface area contributed by atoms with Crippen LogP contribution in [-0.2, 0) is 21.1 Å². The first-order valence-electron chi connectivity index (χ1n) is 10.1. The Morgan fingerprint density at radius 1 is 1.06 bits per heavy atom. The lowest BCUT2D eigenvalue weighted by Crippen LogP contribution is -2.34. The molecule has 34 heavy (non-hydrogen) atoms. The van der Waals surface area contributed by atoms with Gasteiger partial charge in [0.2, 0.25) is 0 Å². The average Bonchev–Trinajstić information content (AvgIpc) is 2.76. The number of hydrogen-bond acceptors (Lipinski definition) is 7. The summed E-state index contributed by atoms with van der Waals surface area (Å²) in [4.78, 5) is 14.9. The summed E-state index contributed by atoms with van der Waals surface area (Å²) in [7, 11) is -3.62. The van der Waals surface area contributed by atoms with Gasteiger partial charge in [0.05, 0.1) is 4.90 Å². The fourth-order valence-corrected chi connectivity index (χ4v) is 4.67. The van der Waals surface area contributed by atoms with Crippen LogP contribution in [0.1, 0.15) is 11.1 Å². The van der Waals surface area contributed by atoms with Crippen molar-refractivity contribution in [3.05, 3.63) is 87.5 Å². The molecule has 0 N–H and O–H groups in total. The van der Waals surface area contributed by atoms with Crippen molar-refractivity contribution in [3.63, 3.8) is 0 Å². The van der Waals surface area contributed by atoms with Gasteiger partial charge < -0.3 is 14.3 Å². The zero-order valence-corrected chi connectivity index (χ0v) is 18.7. The molecule has 0 amide bonds. The van der Waals surface area contributed by atoms with E-state index in [4.69, 9.17) is 9.47 Å². The molecule has 0 aliphatic carbocycles. The van der Waals surface area contributed by atoms with E-state index < -0.39 is 32.7 Å². The van der Waals surface area contributed by atoms with Gasteiger partial charge in [-0.1, -0.05) is 18.2 Å². The van der Waals surface area contributed by atoms with Gasteiger partial charge in [0.25, 0.3) is 5.09 Å². The lowest BCUT2D eigenvalue weighted by Gasteiger charge is -2.27. The van der Waals surface area contributed by atoms with Crippen molar-refractivity contribution in [3.8, 4) is 22.6 Å². The Bertz CT molecular complexity index is 1340. The summed E-state index contributed by atoms with van der Waals surface area (Å²) in [5.41, 5.74) is 1.70. The van der Waals surface area contributed by atoms with E-state index in [-0.39, 0.29) is 30.3 Å². The van der Waals surface area contributed by atoms with E-state index in [0.29, 0.717) is 28.0 Å². The number of halogens is 2. The molecule has 0 saturated heterocycles. The molecule has 3 aromatic rings. The minimum Gasteiger partial charge on any atom is -0.486 e. The van der Waals surface area contributed by atoms with Crippen LogP contribution >= 0.6 is 0 Å². The van der Waals surface area contributed by atoms with Crippen molar-refractivity contribution in [1.82, 2.24) is 0 Å². The van der Waals surface area contributed by atoms with Gasteiger partial charge in [0.1, 0.15) is 24.8 Å². The molecule has 3 aromatic carbocycles. The number of nitrogens with zero attached hydrogens (tertiary/aromatic N) is 1. The van der Waals surface area contributed by atoms with E-state index in [9.17, 15) is 27.3 Å². The minimum absolute atomic E-state index is 0.0197. The second kappa shape index (κ2) is 9.26. The van der Waals surface area contributed by atoms with Crippen LogP contribution in [0, 0.1) is 21.7 Å². The fraction of sp³-hybridized carbons (Fsp3) is 0.217. The Morgan fingerprint density at radius 2 is 1.76 bits per heavy atom. The number of rotatable bonds is 7. The third kappa shape index (κ3) is 5.25. The van der Waals surface area contributed by atoms with Crippen LogP contribution in [-0.4, -0.2) is 39.1 Å². The summed E-state index contributed by atoms with van der Waals surface area (Å²) in [6.07, 6.45) is 0.391. The number of sulfone groups is 1. The maximum absolute atomic E-state index is 13.8. The second-order valence-corrected chi connectivity index (χ2v) is 9.73. The van der Waals surface area contributed by atoms with E-state index in [1.54, 1.807) is 30.3 Å². The molecule has 0 radical (unpaired) electrons. The van der Waals surface area contributed by atoms with E-state index >= 15 is 0 Å². The Morgan fingerprint density at radius 3 is 2.44 bits per heavy atom.